The highest BCUT2D eigenvalue weighted by molar-refractivity contribution is 6.76. The number of carbonyl (C=O) groups excluding carboxylic acids is 1. The van der Waals surface area contributed by atoms with E-state index >= 15 is 0 Å². The molecule has 0 saturated heterocycles. The van der Waals surface area contributed by atoms with Crippen LogP contribution in [0.2, 0.25) is 0 Å². The Labute approximate surface area is 95.8 Å². The minimum atomic E-state index is -2.06. The van der Waals surface area contributed by atoms with E-state index in [4.69, 9.17) is 14.8 Å². The molecule has 0 spiro atoms. The average Bonchev–Trinajstić information content (AvgIpc) is 2.17. The van der Waals surface area contributed by atoms with E-state index in [1.54, 1.807) is 13.8 Å². The second-order valence-electron chi connectivity index (χ2n) is 4.55. The molecule has 0 aromatic carbocycles. The molecule has 0 atom stereocenters. The Morgan fingerprint density at radius 2 is 2.19 bits per heavy atom. The summed E-state index contributed by atoms with van der Waals surface area (Å²) in [6, 6.07) is 0. The van der Waals surface area contributed by atoms with Crippen LogP contribution in [0, 0.1) is 0 Å². The fraction of sp³-hybridized carbons (Fsp3) is 0.700. The number of nitrogens with zero attached hydrogens (tertiary/aromatic N) is 1. The molecule has 0 aliphatic carbocycles. The third-order valence-electron chi connectivity index (χ3n) is 2.33. The number of carbonyl (C=O) groups is 1. The highest BCUT2D eigenvalue weighted by Gasteiger charge is 2.31. The first-order chi connectivity index (χ1) is 7.41. The lowest BCUT2D eigenvalue weighted by Crippen LogP contribution is -2.45. The van der Waals surface area contributed by atoms with Gasteiger partial charge >= 0.3 is 13.0 Å². The third-order valence-corrected chi connectivity index (χ3v) is 2.33. The van der Waals surface area contributed by atoms with Crippen LogP contribution in [0.15, 0.2) is 12.2 Å². The molecule has 5 nitrogen and oxygen atoms in total. The van der Waals surface area contributed by atoms with Crippen LogP contribution < -0.4 is 0 Å². The van der Waals surface area contributed by atoms with Crippen LogP contribution in [0.4, 0.5) is 4.79 Å². The van der Waals surface area contributed by atoms with E-state index in [2.05, 4.69) is 17.1 Å². The van der Waals surface area contributed by atoms with E-state index < -0.39 is 18.6 Å². The lowest BCUT2D eigenvalue weighted by molar-refractivity contribution is 0.0225. The first-order valence-corrected chi connectivity index (χ1v) is 5.37. The van der Waals surface area contributed by atoms with Gasteiger partial charge in [-0.15, -0.1) is 0 Å². The zero-order valence-corrected chi connectivity index (χ0v) is 9.72. The molecule has 0 radical (unpaired) electrons. The minimum absolute atomic E-state index is 0.579. The van der Waals surface area contributed by atoms with Gasteiger partial charge < -0.3 is 14.8 Å². The Kier molecular flexibility index (Phi) is 4.52. The molecule has 1 rings (SSSR count). The molecule has 0 bridgehead atoms. The zero-order valence-electron chi connectivity index (χ0n) is 9.72. The summed E-state index contributed by atoms with van der Waals surface area (Å²) >= 11 is 0. The first kappa shape index (κ1) is 13.2. The normalized spacial score (nSPS) is 17.2. The third kappa shape index (κ3) is 4.34. The Balaban J connectivity index is 2.44. The molecule has 1 aliphatic rings. The maximum absolute atomic E-state index is 11.0. The van der Waals surface area contributed by atoms with Crippen LogP contribution in [0.3, 0.4) is 0 Å². The smallest absolute Gasteiger partial charge is 0.461 e. The van der Waals surface area contributed by atoms with E-state index in [0.29, 0.717) is 6.54 Å². The van der Waals surface area contributed by atoms with Gasteiger partial charge in [0, 0.05) is 19.6 Å². The summed E-state index contributed by atoms with van der Waals surface area (Å²) in [7, 11) is -2.06. The lowest BCUT2D eigenvalue weighted by Gasteiger charge is -2.32. The van der Waals surface area contributed by atoms with Crippen molar-refractivity contribution in [2.75, 3.05) is 19.6 Å². The van der Waals surface area contributed by atoms with Crippen LogP contribution in [0.25, 0.3) is 0 Å². The fourth-order valence-electron chi connectivity index (χ4n) is 1.73. The largest absolute Gasteiger partial charge is 0.579 e. The van der Waals surface area contributed by atoms with Gasteiger partial charge in [-0.25, -0.2) is 0 Å². The van der Waals surface area contributed by atoms with Gasteiger partial charge in [-0.3, -0.25) is 9.69 Å². The quantitative estimate of drug-likeness (QED) is 0.531. The van der Waals surface area contributed by atoms with E-state index in [0.717, 1.165) is 19.5 Å². The number of hydrogen-bond acceptors (Lipinski definition) is 5. The Morgan fingerprint density at radius 3 is 2.69 bits per heavy atom. The van der Waals surface area contributed by atoms with Crippen molar-refractivity contribution < 1.29 is 19.6 Å². The van der Waals surface area contributed by atoms with E-state index in [1.165, 1.54) is 0 Å². The molecule has 16 heavy (non-hydrogen) atoms. The van der Waals surface area contributed by atoms with Gasteiger partial charge in [-0.05, 0) is 20.3 Å². The predicted octanol–water partition coefficient (Wildman–Crippen LogP) is 0.218. The average molecular weight is 227 g/mol. The lowest BCUT2D eigenvalue weighted by atomic mass is 9.92. The van der Waals surface area contributed by atoms with Gasteiger partial charge in [0.25, 0.3) is 0 Å². The van der Waals surface area contributed by atoms with Crippen molar-refractivity contribution in [2.24, 2.45) is 0 Å². The maximum atomic E-state index is 11.0. The topological polar surface area (TPSA) is 70.0 Å². The highest BCUT2D eigenvalue weighted by Crippen LogP contribution is 2.14. The summed E-state index contributed by atoms with van der Waals surface area (Å²) in [6.07, 6.45) is 5.18. The van der Waals surface area contributed by atoms with Crippen LogP contribution in [-0.2, 0) is 4.74 Å². The van der Waals surface area contributed by atoms with Gasteiger partial charge in [0.15, 0.2) is 0 Å². The molecule has 6 heteroatoms. The second-order valence-corrected chi connectivity index (χ2v) is 4.55. The summed E-state index contributed by atoms with van der Waals surface area (Å²) in [5, 5.41) is 17.3. The number of rotatable bonds is 4. The number of ether oxygens (including phenoxy) is 1. The van der Waals surface area contributed by atoms with Crippen LogP contribution >= 0.6 is 0 Å². The molecule has 90 valence electrons. The van der Waals surface area contributed by atoms with Gasteiger partial charge in [-0.1, -0.05) is 12.2 Å². The standard InChI is InChI=1S/C10H18BNO4/c1-10(2,16-9(13)11(14)15)8-12-6-4-3-5-7-12/h3-4,14-15H,5-8H2,1-2H3. The van der Waals surface area contributed by atoms with Crippen LogP contribution in [0.1, 0.15) is 20.3 Å². The second kappa shape index (κ2) is 5.47. The first-order valence-electron chi connectivity index (χ1n) is 5.37. The Bertz CT molecular complexity index is 278. The predicted molar refractivity (Wildman–Crippen MR) is 60.9 cm³/mol. The van der Waals surface area contributed by atoms with Crippen molar-refractivity contribution in [1.82, 2.24) is 4.90 Å². The van der Waals surface area contributed by atoms with Crippen molar-refractivity contribution in [3.8, 4) is 0 Å². The molecule has 0 aromatic heterocycles. The van der Waals surface area contributed by atoms with Crippen molar-refractivity contribution in [3.05, 3.63) is 12.2 Å². The molecule has 0 fully saturated rings. The molecule has 0 saturated carbocycles. The fourth-order valence-corrected chi connectivity index (χ4v) is 1.73. The molecule has 1 aliphatic heterocycles. The van der Waals surface area contributed by atoms with Crippen molar-refractivity contribution in [3.63, 3.8) is 0 Å². The van der Waals surface area contributed by atoms with Crippen LogP contribution in [-0.4, -0.2) is 53.2 Å². The van der Waals surface area contributed by atoms with Crippen molar-refractivity contribution >= 4 is 13.0 Å². The summed E-state index contributed by atoms with van der Waals surface area (Å²) < 4.78 is 5.00. The summed E-state index contributed by atoms with van der Waals surface area (Å²) in [6.45, 7) is 5.86. The minimum Gasteiger partial charge on any atom is -0.461 e. The molecule has 0 amide bonds. The summed E-state index contributed by atoms with van der Waals surface area (Å²) in [5.74, 6) is -1.00. The maximum Gasteiger partial charge on any atom is 0.579 e. The van der Waals surface area contributed by atoms with Gasteiger partial charge in [0.05, 0.1) is 0 Å². The van der Waals surface area contributed by atoms with Gasteiger partial charge in [-0.2, -0.15) is 0 Å². The van der Waals surface area contributed by atoms with Gasteiger partial charge in [0.1, 0.15) is 5.60 Å². The Hall–Kier alpha value is -0.845. The Morgan fingerprint density at radius 1 is 1.50 bits per heavy atom. The summed E-state index contributed by atoms with van der Waals surface area (Å²) in [4.78, 5) is 13.2. The van der Waals surface area contributed by atoms with Crippen molar-refractivity contribution in [2.45, 2.75) is 25.9 Å². The van der Waals surface area contributed by atoms with E-state index in [-0.39, 0.29) is 0 Å². The summed E-state index contributed by atoms with van der Waals surface area (Å²) in [5.41, 5.74) is -0.716. The molecule has 0 aromatic rings. The molecular formula is C10H18BNO4. The number of hydrogen-bond donors (Lipinski definition) is 2. The van der Waals surface area contributed by atoms with Crippen molar-refractivity contribution in [1.29, 1.82) is 0 Å². The SMILES string of the molecule is CC(C)(CN1CC=CCC1)OC(=O)B(O)O. The molecule has 2 N–H and O–H groups in total. The molecule has 1 heterocycles. The van der Waals surface area contributed by atoms with E-state index in [1.807, 2.05) is 0 Å². The highest BCUT2D eigenvalue weighted by atomic mass is 16.6. The monoisotopic (exact) mass is 227 g/mol. The zero-order chi connectivity index (χ0) is 12.2. The van der Waals surface area contributed by atoms with Crippen LogP contribution in [0.5, 0.6) is 0 Å². The molecular weight excluding hydrogens is 209 g/mol. The van der Waals surface area contributed by atoms with Gasteiger partial charge in [0.2, 0.25) is 0 Å². The molecule has 0 unspecified atom stereocenters. The van der Waals surface area contributed by atoms with E-state index in [9.17, 15) is 4.79 Å².